The van der Waals surface area contributed by atoms with Crippen LogP contribution in [-0.2, 0) is 0 Å². The number of benzene rings is 2. The van der Waals surface area contributed by atoms with Crippen molar-refractivity contribution >= 4 is 21.7 Å². The quantitative estimate of drug-likeness (QED) is 0.608. The Kier molecular flexibility index (Phi) is 3.63. The summed E-state index contributed by atoms with van der Waals surface area (Å²) in [5, 5.41) is 0. The largest absolute Gasteiger partial charge is 0.485 e. The van der Waals surface area contributed by atoms with E-state index in [0.717, 1.165) is 12.1 Å². The van der Waals surface area contributed by atoms with Gasteiger partial charge in [-0.25, -0.2) is 8.78 Å². The van der Waals surface area contributed by atoms with E-state index in [1.807, 2.05) is 0 Å². The Balaban J connectivity index is 1.89. The molecule has 0 saturated carbocycles. The number of fused-ring (bicyclic) bond motifs is 1. The number of para-hydroxylation sites is 2. The number of carbonyl (C=O) groups excluding carboxylic acids is 1. The minimum Gasteiger partial charge on any atom is -0.485 e. The third-order valence-corrected chi connectivity index (χ3v) is 3.68. The van der Waals surface area contributed by atoms with E-state index in [4.69, 9.17) is 9.47 Å². The first kappa shape index (κ1) is 14.0. The van der Waals surface area contributed by atoms with E-state index in [1.54, 1.807) is 24.3 Å². The van der Waals surface area contributed by atoms with E-state index >= 15 is 0 Å². The van der Waals surface area contributed by atoms with Crippen molar-refractivity contribution < 1.29 is 23.0 Å². The Morgan fingerprint density at radius 2 is 1.86 bits per heavy atom. The second-order valence-corrected chi connectivity index (χ2v) is 5.33. The van der Waals surface area contributed by atoms with Crippen molar-refractivity contribution in [2.45, 2.75) is 6.10 Å². The molecule has 108 valence electrons. The smallest absolute Gasteiger partial charge is 0.209 e. The van der Waals surface area contributed by atoms with Crippen LogP contribution in [0, 0.1) is 11.6 Å². The minimum absolute atomic E-state index is 0.0392. The van der Waals surface area contributed by atoms with Crippen molar-refractivity contribution in [3.05, 3.63) is 58.1 Å². The van der Waals surface area contributed by atoms with Gasteiger partial charge in [-0.2, -0.15) is 0 Å². The Morgan fingerprint density at radius 1 is 1.14 bits per heavy atom. The molecule has 3 rings (SSSR count). The summed E-state index contributed by atoms with van der Waals surface area (Å²) < 4.78 is 38.2. The molecule has 0 spiro atoms. The molecule has 6 heteroatoms. The van der Waals surface area contributed by atoms with E-state index in [-0.39, 0.29) is 16.6 Å². The maximum atomic E-state index is 13.8. The first-order valence-corrected chi connectivity index (χ1v) is 6.93. The molecule has 21 heavy (non-hydrogen) atoms. The van der Waals surface area contributed by atoms with Gasteiger partial charge in [0.05, 0.1) is 10.0 Å². The highest BCUT2D eigenvalue weighted by Gasteiger charge is 2.30. The Labute approximate surface area is 127 Å². The van der Waals surface area contributed by atoms with Gasteiger partial charge in [-0.15, -0.1) is 0 Å². The van der Waals surface area contributed by atoms with Crippen LogP contribution in [0.5, 0.6) is 11.5 Å². The molecule has 0 bridgehead atoms. The van der Waals surface area contributed by atoms with Gasteiger partial charge >= 0.3 is 0 Å². The van der Waals surface area contributed by atoms with Crippen LogP contribution in [-0.4, -0.2) is 18.5 Å². The average molecular weight is 355 g/mol. The number of ketones is 1. The van der Waals surface area contributed by atoms with E-state index in [9.17, 15) is 13.6 Å². The first-order chi connectivity index (χ1) is 10.1. The third kappa shape index (κ3) is 2.63. The fourth-order valence-corrected chi connectivity index (χ4v) is 2.35. The second-order valence-electron chi connectivity index (χ2n) is 4.47. The van der Waals surface area contributed by atoms with Crippen LogP contribution in [0.1, 0.15) is 10.4 Å². The third-order valence-electron chi connectivity index (χ3n) is 3.08. The molecular formula is C15H9BrF2O3. The highest BCUT2D eigenvalue weighted by molar-refractivity contribution is 9.10. The molecular weight excluding hydrogens is 346 g/mol. The SMILES string of the molecule is O=C(c1cc(F)c(Br)cc1F)C1COc2ccccc2O1. The Hall–Kier alpha value is -1.95. The number of halogens is 3. The summed E-state index contributed by atoms with van der Waals surface area (Å²) in [7, 11) is 0. The zero-order valence-corrected chi connectivity index (χ0v) is 12.2. The van der Waals surface area contributed by atoms with Crippen molar-refractivity contribution in [1.29, 1.82) is 0 Å². The van der Waals surface area contributed by atoms with Gasteiger partial charge in [0.15, 0.2) is 17.6 Å². The van der Waals surface area contributed by atoms with Crippen LogP contribution in [0.2, 0.25) is 0 Å². The maximum absolute atomic E-state index is 13.8. The number of hydrogen-bond acceptors (Lipinski definition) is 3. The van der Waals surface area contributed by atoms with Gasteiger partial charge in [-0.05, 0) is 40.2 Å². The fraction of sp³-hybridized carbons (Fsp3) is 0.133. The highest BCUT2D eigenvalue weighted by atomic mass is 79.9. The zero-order valence-electron chi connectivity index (χ0n) is 10.6. The molecule has 1 aliphatic rings. The molecule has 1 heterocycles. The van der Waals surface area contributed by atoms with Crippen LogP contribution < -0.4 is 9.47 Å². The Morgan fingerprint density at radius 3 is 2.62 bits per heavy atom. The van der Waals surface area contributed by atoms with Crippen molar-refractivity contribution in [2.24, 2.45) is 0 Å². The topological polar surface area (TPSA) is 35.5 Å². The molecule has 0 aliphatic carbocycles. The molecule has 1 aliphatic heterocycles. The first-order valence-electron chi connectivity index (χ1n) is 6.13. The molecule has 0 aromatic heterocycles. The predicted molar refractivity (Wildman–Crippen MR) is 74.7 cm³/mol. The predicted octanol–water partition coefficient (Wildman–Crippen LogP) is 3.75. The molecule has 1 atom stereocenters. The van der Waals surface area contributed by atoms with Gasteiger partial charge in [0.25, 0.3) is 0 Å². The summed E-state index contributed by atoms with van der Waals surface area (Å²) in [4.78, 5) is 12.3. The van der Waals surface area contributed by atoms with E-state index < -0.39 is 23.5 Å². The number of ether oxygens (including phenoxy) is 2. The Bertz CT molecular complexity index is 718. The lowest BCUT2D eigenvalue weighted by Gasteiger charge is -2.25. The lowest BCUT2D eigenvalue weighted by Crippen LogP contribution is -2.37. The summed E-state index contributed by atoms with van der Waals surface area (Å²) in [5.74, 6) is -1.26. The van der Waals surface area contributed by atoms with Crippen molar-refractivity contribution in [3.8, 4) is 11.5 Å². The minimum atomic E-state index is -1.00. The van der Waals surface area contributed by atoms with Crippen LogP contribution in [0.15, 0.2) is 40.9 Å². The van der Waals surface area contributed by atoms with Crippen LogP contribution in [0.25, 0.3) is 0 Å². The van der Waals surface area contributed by atoms with Gasteiger partial charge in [0.2, 0.25) is 5.78 Å². The molecule has 3 nitrogen and oxygen atoms in total. The molecule has 0 radical (unpaired) electrons. The molecule has 0 amide bonds. The highest BCUT2D eigenvalue weighted by Crippen LogP contribution is 2.32. The molecule has 2 aromatic rings. The molecule has 1 unspecified atom stereocenters. The maximum Gasteiger partial charge on any atom is 0.209 e. The number of rotatable bonds is 2. The van der Waals surface area contributed by atoms with Crippen molar-refractivity contribution in [1.82, 2.24) is 0 Å². The molecule has 0 N–H and O–H groups in total. The van der Waals surface area contributed by atoms with Crippen molar-refractivity contribution in [3.63, 3.8) is 0 Å². The van der Waals surface area contributed by atoms with Gasteiger partial charge in [0, 0.05) is 0 Å². The van der Waals surface area contributed by atoms with Crippen LogP contribution in [0.3, 0.4) is 0 Å². The number of Topliss-reactive ketones (excluding diaryl/α,β-unsaturated/α-hetero) is 1. The van der Waals surface area contributed by atoms with Crippen LogP contribution >= 0.6 is 15.9 Å². The van der Waals surface area contributed by atoms with E-state index in [0.29, 0.717) is 11.5 Å². The average Bonchev–Trinajstić information content (AvgIpc) is 2.50. The lowest BCUT2D eigenvalue weighted by molar-refractivity contribution is 0.0581. The van der Waals surface area contributed by atoms with Crippen LogP contribution in [0.4, 0.5) is 8.78 Å². The summed E-state index contributed by atoms with van der Waals surface area (Å²) in [5.41, 5.74) is -0.358. The summed E-state index contributed by atoms with van der Waals surface area (Å²) in [6.45, 7) is -0.0486. The van der Waals surface area contributed by atoms with Gasteiger partial charge in [-0.3, -0.25) is 4.79 Å². The standard InChI is InChI=1S/C15H9BrF2O3/c16-9-6-10(17)8(5-11(9)18)15(19)14-7-20-12-3-1-2-4-13(12)21-14/h1-6,14H,7H2. The number of hydrogen-bond donors (Lipinski definition) is 0. The monoisotopic (exact) mass is 354 g/mol. The summed E-state index contributed by atoms with van der Waals surface area (Å²) >= 11 is 2.86. The normalized spacial score (nSPS) is 16.6. The molecule has 2 aromatic carbocycles. The van der Waals surface area contributed by atoms with E-state index in [1.165, 1.54) is 0 Å². The van der Waals surface area contributed by atoms with E-state index in [2.05, 4.69) is 15.9 Å². The molecule has 0 saturated heterocycles. The zero-order chi connectivity index (χ0) is 15.0. The van der Waals surface area contributed by atoms with Gasteiger partial charge in [-0.1, -0.05) is 12.1 Å². The van der Waals surface area contributed by atoms with Crippen molar-refractivity contribution in [2.75, 3.05) is 6.61 Å². The van der Waals surface area contributed by atoms with Gasteiger partial charge in [0.1, 0.15) is 18.2 Å². The lowest BCUT2D eigenvalue weighted by atomic mass is 10.1. The second kappa shape index (κ2) is 5.44. The number of carbonyl (C=O) groups is 1. The summed E-state index contributed by atoms with van der Waals surface area (Å²) in [6.07, 6.45) is -1.00. The fourth-order valence-electron chi connectivity index (χ4n) is 2.03. The van der Waals surface area contributed by atoms with Gasteiger partial charge < -0.3 is 9.47 Å². The summed E-state index contributed by atoms with van der Waals surface area (Å²) in [6, 6.07) is 8.62. The molecule has 0 fully saturated rings.